The largest absolute Gasteiger partial charge is 0.399 e. The monoisotopic (exact) mass is 240 g/mol. The smallest absolute Gasteiger partial charge is 0.252 e. The lowest BCUT2D eigenvalue weighted by Crippen LogP contribution is -2.32. The average Bonchev–Trinajstić information content (AvgIpc) is 2.17. The van der Waals surface area contributed by atoms with Crippen molar-refractivity contribution in [2.45, 2.75) is 20.8 Å². The highest BCUT2D eigenvalue weighted by Crippen LogP contribution is 2.19. The molecule has 88 valence electrons. The van der Waals surface area contributed by atoms with Gasteiger partial charge in [-0.05, 0) is 23.6 Å². The molecule has 0 radical (unpaired) electrons. The third-order valence-corrected chi connectivity index (χ3v) is 2.34. The summed E-state index contributed by atoms with van der Waals surface area (Å²) in [5, 5.41) is 3.25. The van der Waals surface area contributed by atoms with Gasteiger partial charge in [-0.15, -0.1) is 0 Å². The summed E-state index contributed by atoms with van der Waals surface area (Å²) < 4.78 is 0. The van der Waals surface area contributed by atoms with E-state index >= 15 is 0 Å². The van der Waals surface area contributed by atoms with Crippen molar-refractivity contribution in [2.75, 3.05) is 12.3 Å². The molecule has 16 heavy (non-hydrogen) atoms. The maximum Gasteiger partial charge on any atom is 0.252 e. The van der Waals surface area contributed by atoms with Gasteiger partial charge in [0.25, 0.3) is 5.91 Å². The highest BCUT2D eigenvalue weighted by Gasteiger charge is 2.15. The maximum atomic E-state index is 11.8. The zero-order valence-electron chi connectivity index (χ0n) is 9.80. The van der Waals surface area contributed by atoms with Crippen LogP contribution in [0.25, 0.3) is 0 Å². The van der Waals surface area contributed by atoms with E-state index in [2.05, 4.69) is 5.32 Å². The van der Waals surface area contributed by atoms with Crippen LogP contribution in [-0.4, -0.2) is 12.5 Å². The number of amides is 1. The van der Waals surface area contributed by atoms with E-state index in [-0.39, 0.29) is 11.3 Å². The molecule has 0 unspecified atom stereocenters. The highest BCUT2D eigenvalue weighted by molar-refractivity contribution is 6.34. The van der Waals surface area contributed by atoms with Gasteiger partial charge in [-0.3, -0.25) is 4.79 Å². The Morgan fingerprint density at radius 2 is 2.06 bits per heavy atom. The number of halogens is 1. The van der Waals surface area contributed by atoms with Crippen molar-refractivity contribution in [3.63, 3.8) is 0 Å². The van der Waals surface area contributed by atoms with Crippen LogP contribution in [0.4, 0.5) is 5.69 Å². The van der Waals surface area contributed by atoms with Gasteiger partial charge in [-0.1, -0.05) is 32.4 Å². The van der Waals surface area contributed by atoms with Crippen LogP contribution in [0, 0.1) is 5.41 Å². The lowest BCUT2D eigenvalue weighted by molar-refractivity contribution is 0.0939. The first-order chi connectivity index (χ1) is 7.29. The van der Waals surface area contributed by atoms with Gasteiger partial charge in [0.1, 0.15) is 0 Å². The number of nitrogens with one attached hydrogen (secondary N) is 1. The Morgan fingerprint density at radius 1 is 1.44 bits per heavy atom. The molecule has 0 aliphatic rings. The van der Waals surface area contributed by atoms with Crippen molar-refractivity contribution < 1.29 is 4.79 Å². The van der Waals surface area contributed by atoms with Crippen LogP contribution in [-0.2, 0) is 0 Å². The first kappa shape index (κ1) is 12.8. The summed E-state index contributed by atoms with van der Waals surface area (Å²) in [5.74, 6) is -0.188. The Morgan fingerprint density at radius 3 is 2.62 bits per heavy atom. The van der Waals surface area contributed by atoms with Gasteiger partial charge >= 0.3 is 0 Å². The van der Waals surface area contributed by atoms with Crippen LogP contribution in [0.5, 0.6) is 0 Å². The van der Waals surface area contributed by atoms with E-state index in [1.807, 2.05) is 20.8 Å². The molecule has 0 atom stereocenters. The molecule has 1 aromatic carbocycles. The van der Waals surface area contributed by atoms with Crippen molar-refractivity contribution in [3.8, 4) is 0 Å². The number of rotatable bonds is 2. The van der Waals surface area contributed by atoms with E-state index in [0.29, 0.717) is 22.8 Å². The normalized spacial score (nSPS) is 11.2. The zero-order chi connectivity index (χ0) is 12.3. The highest BCUT2D eigenvalue weighted by atomic mass is 35.5. The molecule has 3 nitrogen and oxygen atoms in total. The predicted molar refractivity (Wildman–Crippen MR) is 67.7 cm³/mol. The van der Waals surface area contributed by atoms with Crippen molar-refractivity contribution in [1.29, 1.82) is 0 Å². The van der Waals surface area contributed by atoms with Crippen molar-refractivity contribution in [3.05, 3.63) is 28.8 Å². The third kappa shape index (κ3) is 3.74. The minimum Gasteiger partial charge on any atom is -0.399 e. The minimum absolute atomic E-state index is 0.0441. The molecule has 0 spiro atoms. The molecule has 0 fully saturated rings. The third-order valence-electron chi connectivity index (χ3n) is 2.01. The fraction of sp³-hybridized carbons (Fsp3) is 0.417. The van der Waals surface area contributed by atoms with Gasteiger partial charge < -0.3 is 11.1 Å². The number of anilines is 1. The van der Waals surface area contributed by atoms with Crippen LogP contribution in [0.3, 0.4) is 0 Å². The van der Waals surface area contributed by atoms with Gasteiger partial charge in [-0.25, -0.2) is 0 Å². The lowest BCUT2D eigenvalue weighted by atomic mass is 9.97. The van der Waals surface area contributed by atoms with Gasteiger partial charge in [0.05, 0.1) is 10.6 Å². The molecule has 0 saturated carbocycles. The van der Waals surface area contributed by atoms with Crippen LogP contribution in [0.15, 0.2) is 18.2 Å². The van der Waals surface area contributed by atoms with Crippen molar-refractivity contribution >= 4 is 23.2 Å². The average molecular weight is 241 g/mol. The number of hydrogen-bond donors (Lipinski definition) is 2. The van der Waals surface area contributed by atoms with E-state index in [0.717, 1.165) is 0 Å². The molecule has 0 aromatic heterocycles. The quantitative estimate of drug-likeness (QED) is 0.781. The van der Waals surface area contributed by atoms with Gasteiger partial charge in [0.2, 0.25) is 0 Å². The van der Waals surface area contributed by atoms with Gasteiger partial charge in [-0.2, -0.15) is 0 Å². The Balaban J connectivity index is 2.77. The first-order valence-corrected chi connectivity index (χ1v) is 5.50. The van der Waals surface area contributed by atoms with Crippen LogP contribution < -0.4 is 11.1 Å². The van der Waals surface area contributed by atoms with E-state index < -0.39 is 0 Å². The summed E-state index contributed by atoms with van der Waals surface area (Å²) in [6, 6.07) is 4.88. The second-order valence-electron chi connectivity index (χ2n) is 4.98. The molecule has 0 aliphatic heterocycles. The lowest BCUT2D eigenvalue weighted by Gasteiger charge is -2.19. The summed E-state index contributed by atoms with van der Waals surface area (Å²) >= 11 is 5.92. The number of benzene rings is 1. The number of nitrogens with two attached hydrogens (primary N) is 1. The van der Waals surface area contributed by atoms with E-state index in [1.54, 1.807) is 18.2 Å². The van der Waals surface area contributed by atoms with E-state index in [1.165, 1.54) is 0 Å². The molecular weight excluding hydrogens is 224 g/mol. The summed E-state index contributed by atoms with van der Waals surface area (Å²) in [6.45, 7) is 6.74. The predicted octanol–water partition coefficient (Wildman–Crippen LogP) is 2.70. The molecule has 0 bridgehead atoms. The van der Waals surface area contributed by atoms with E-state index in [9.17, 15) is 4.79 Å². The minimum atomic E-state index is -0.188. The molecular formula is C12H17ClN2O. The number of nitrogen functional groups attached to an aromatic ring is 1. The molecule has 4 heteroatoms. The molecule has 1 aromatic rings. The summed E-state index contributed by atoms with van der Waals surface area (Å²) in [6.07, 6.45) is 0. The first-order valence-electron chi connectivity index (χ1n) is 5.13. The molecule has 0 saturated heterocycles. The molecule has 0 heterocycles. The molecule has 1 amide bonds. The molecule has 1 rings (SSSR count). The van der Waals surface area contributed by atoms with Crippen LogP contribution >= 0.6 is 11.6 Å². The second-order valence-corrected chi connectivity index (χ2v) is 5.39. The zero-order valence-corrected chi connectivity index (χ0v) is 10.6. The Labute approximate surface area is 101 Å². The van der Waals surface area contributed by atoms with E-state index in [4.69, 9.17) is 17.3 Å². The number of carbonyl (C=O) groups is 1. The standard InChI is InChI=1S/C12H17ClN2O/c1-12(2,3)7-15-11(16)9-6-8(14)4-5-10(9)13/h4-6H,7,14H2,1-3H3,(H,15,16). The SMILES string of the molecule is CC(C)(C)CNC(=O)c1cc(N)ccc1Cl. The molecule has 0 aliphatic carbocycles. The van der Waals surface area contributed by atoms with Crippen LogP contribution in [0.1, 0.15) is 31.1 Å². The number of hydrogen-bond acceptors (Lipinski definition) is 2. The maximum absolute atomic E-state index is 11.8. The summed E-state index contributed by atoms with van der Waals surface area (Å²) in [4.78, 5) is 11.8. The number of carbonyl (C=O) groups excluding carboxylic acids is 1. The Hall–Kier alpha value is -1.22. The van der Waals surface area contributed by atoms with Crippen molar-refractivity contribution in [1.82, 2.24) is 5.32 Å². The van der Waals surface area contributed by atoms with Crippen LogP contribution in [0.2, 0.25) is 5.02 Å². The van der Waals surface area contributed by atoms with Gasteiger partial charge in [0.15, 0.2) is 0 Å². The fourth-order valence-electron chi connectivity index (χ4n) is 1.16. The summed E-state index contributed by atoms with van der Waals surface area (Å²) in [7, 11) is 0. The van der Waals surface area contributed by atoms with Crippen molar-refractivity contribution in [2.24, 2.45) is 5.41 Å². The Kier molecular flexibility index (Phi) is 3.81. The molecule has 3 N–H and O–H groups in total. The Bertz CT molecular complexity index is 396. The topological polar surface area (TPSA) is 55.1 Å². The van der Waals surface area contributed by atoms with Gasteiger partial charge in [0, 0.05) is 12.2 Å². The summed E-state index contributed by atoms with van der Waals surface area (Å²) in [5.41, 5.74) is 6.61. The second kappa shape index (κ2) is 4.74. The fourth-order valence-corrected chi connectivity index (χ4v) is 1.36.